The fourth-order valence-corrected chi connectivity index (χ4v) is 9.76. The summed E-state index contributed by atoms with van der Waals surface area (Å²) in [7, 11) is 0.792. The van der Waals surface area contributed by atoms with E-state index in [9.17, 15) is 0 Å². The summed E-state index contributed by atoms with van der Waals surface area (Å²) in [5.74, 6) is 0.754. The second kappa shape index (κ2) is 8.20. The maximum Gasteiger partial charge on any atom is 0.220 e. The predicted molar refractivity (Wildman–Crippen MR) is 136 cm³/mol. The smallest absolute Gasteiger partial charge is 0.200 e. The lowest BCUT2D eigenvalue weighted by atomic mass is 9.91. The van der Waals surface area contributed by atoms with Gasteiger partial charge in [0, 0.05) is 11.6 Å². The van der Waals surface area contributed by atoms with E-state index in [2.05, 4.69) is 80.3 Å². The van der Waals surface area contributed by atoms with Crippen LogP contribution in [0.25, 0.3) is 22.0 Å². The topological polar surface area (TPSA) is 3.88 Å². The fraction of sp³-hybridized carbons (Fsp3) is 0.483. The second-order valence-electron chi connectivity index (χ2n) is 10.8. The molecule has 0 bridgehead atoms. The molecule has 1 nitrogen and oxygen atoms in total. The van der Waals surface area contributed by atoms with Crippen molar-refractivity contribution in [1.82, 2.24) is 0 Å². The van der Waals surface area contributed by atoms with Crippen molar-refractivity contribution >= 4 is 24.0 Å². The van der Waals surface area contributed by atoms with Crippen LogP contribution in [0, 0.1) is 6.92 Å². The Labute approximate surface area is 189 Å². The molecule has 1 aromatic heterocycles. The molecule has 0 atom stereocenters. The van der Waals surface area contributed by atoms with Crippen LogP contribution in [0.4, 0.5) is 0 Å². The van der Waals surface area contributed by atoms with Gasteiger partial charge in [-0.3, -0.25) is 0 Å². The average molecular weight is 429 g/mol. The first-order valence-corrected chi connectivity index (χ1v) is 15.6. The summed E-state index contributed by atoms with van der Waals surface area (Å²) >= 11 is 0. The van der Waals surface area contributed by atoms with Gasteiger partial charge in [-0.15, -0.1) is 0 Å². The van der Waals surface area contributed by atoms with Crippen molar-refractivity contribution < 1.29 is 4.57 Å². The minimum Gasteiger partial charge on any atom is -0.200 e. The van der Waals surface area contributed by atoms with E-state index in [-0.39, 0.29) is 0 Å². The van der Waals surface area contributed by atoms with Crippen molar-refractivity contribution in [1.29, 1.82) is 0 Å². The molecule has 0 unspecified atom stereocenters. The number of benzene rings is 2. The van der Waals surface area contributed by atoms with E-state index in [1.807, 2.05) is 0 Å². The van der Waals surface area contributed by atoms with Gasteiger partial charge in [-0.1, -0.05) is 81.1 Å². The lowest BCUT2D eigenvalue weighted by Gasteiger charge is -2.30. The first-order chi connectivity index (χ1) is 14.9. The SMILES string of the molecule is Cc1ccc(C2CCCC2)cc1-c1c2ccc([Si](C)(C)C3CCCC3)cc2cc[n+]1C. The largest absolute Gasteiger partial charge is 0.220 e. The van der Waals surface area contributed by atoms with Crippen LogP contribution in [0.2, 0.25) is 18.6 Å². The van der Waals surface area contributed by atoms with Crippen LogP contribution in [-0.4, -0.2) is 8.07 Å². The number of hydrogen-bond acceptors (Lipinski definition) is 0. The molecule has 0 spiro atoms. The molecule has 162 valence electrons. The van der Waals surface area contributed by atoms with Gasteiger partial charge in [-0.25, -0.2) is 4.57 Å². The molecule has 0 amide bonds. The summed E-state index contributed by atoms with van der Waals surface area (Å²) in [5.41, 5.74) is 6.67. The Morgan fingerprint density at radius 3 is 2.29 bits per heavy atom. The fourth-order valence-electron chi connectivity index (χ4n) is 6.40. The van der Waals surface area contributed by atoms with Gasteiger partial charge in [-0.05, 0) is 59.9 Å². The van der Waals surface area contributed by atoms with Crippen molar-refractivity contribution in [3.8, 4) is 11.3 Å². The Balaban J connectivity index is 1.61. The van der Waals surface area contributed by atoms with E-state index in [0.717, 1.165) is 11.5 Å². The third-order valence-corrected chi connectivity index (χ3v) is 13.0. The van der Waals surface area contributed by atoms with E-state index >= 15 is 0 Å². The molecule has 2 heteroatoms. The van der Waals surface area contributed by atoms with Gasteiger partial charge < -0.3 is 0 Å². The highest BCUT2D eigenvalue weighted by atomic mass is 28.3. The summed E-state index contributed by atoms with van der Waals surface area (Å²) in [6.45, 7) is 7.48. The molecule has 2 fully saturated rings. The second-order valence-corrected chi connectivity index (χ2v) is 15.7. The molecule has 0 radical (unpaired) electrons. The van der Waals surface area contributed by atoms with Crippen LogP contribution in [0.3, 0.4) is 0 Å². The van der Waals surface area contributed by atoms with Gasteiger partial charge in [0.1, 0.15) is 7.05 Å². The highest BCUT2D eigenvalue weighted by Gasteiger charge is 2.35. The molecule has 0 N–H and O–H groups in total. The van der Waals surface area contributed by atoms with Crippen molar-refractivity contribution in [2.75, 3.05) is 0 Å². The number of aryl methyl sites for hydroxylation is 2. The summed E-state index contributed by atoms with van der Waals surface area (Å²) < 4.78 is 2.34. The summed E-state index contributed by atoms with van der Waals surface area (Å²) in [6.07, 6.45) is 13.5. The first kappa shape index (κ1) is 20.9. The van der Waals surface area contributed by atoms with Crippen molar-refractivity contribution in [2.45, 2.75) is 82.8 Å². The van der Waals surface area contributed by atoms with E-state index in [0.29, 0.717) is 0 Å². The Kier molecular flexibility index (Phi) is 5.54. The van der Waals surface area contributed by atoms with Gasteiger partial charge in [0.2, 0.25) is 5.69 Å². The normalized spacial score (nSPS) is 18.3. The maximum atomic E-state index is 2.60. The zero-order chi connectivity index (χ0) is 21.6. The Hall–Kier alpha value is -1.93. The molecule has 0 saturated heterocycles. The van der Waals surface area contributed by atoms with Gasteiger partial charge >= 0.3 is 0 Å². The lowest BCUT2D eigenvalue weighted by molar-refractivity contribution is -0.659. The van der Waals surface area contributed by atoms with Crippen molar-refractivity contribution in [3.05, 3.63) is 59.8 Å². The summed E-state index contributed by atoms with van der Waals surface area (Å²) in [4.78, 5) is 0. The van der Waals surface area contributed by atoms with Gasteiger partial charge in [0.15, 0.2) is 6.20 Å². The number of pyridine rings is 1. The molecule has 1 heterocycles. The number of aromatic nitrogens is 1. The highest BCUT2D eigenvalue weighted by Crippen LogP contribution is 2.39. The number of fused-ring (bicyclic) bond motifs is 1. The maximum absolute atomic E-state index is 2.60. The van der Waals surface area contributed by atoms with Crippen molar-refractivity contribution in [2.24, 2.45) is 7.05 Å². The minimum atomic E-state index is -1.42. The summed E-state index contributed by atoms with van der Waals surface area (Å²) in [6, 6.07) is 17.0. The number of nitrogens with zero attached hydrogens (tertiary/aromatic N) is 1. The standard InChI is InChI=1S/C29H38NSi/c1-21-13-14-23(22-9-5-6-10-22)20-28(21)29-27-16-15-26(19-24(27)17-18-30(29)2)31(3,4)25-11-7-8-12-25/h13-20,22,25H,5-12H2,1-4H3/q+1. The third kappa shape index (κ3) is 3.78. The van der Waals surface area contributed by atoms with Crippen LogP contribution in [0.15, 0.2) is 48.7 Å². The quantitative estimate of drug-likeness (QED) is 0.307. The number of hydrogen-bond donors (Lipinski definition) is 0. The van der Waals surface area contributed by atoms with E-state index in [1.165, 1.54) is 79.0 Å². The average Bonchev–Trinajstić information content (AvgIpc) is 3.49. The molecule has 2 saturated carbocycles. The third-order valence-electron chi connectivity index (χ3n) is 8.60. The molecule has 3 aromatic rings. The molecule has 2 aromatic carbocycles. The Bertz CT molecular complexity index is 1100. The van der Waals surface area contributed by atoms with Crippen LogP contribution in [0.1, 0.15) is 68.4 Å². The van der Waals surface area contributed by atoms with E-state index in [4.69, 9.17) is 0 Å². The van der Waals surface area contributed by atoms with E-state index < -0.39 is 8.07 Å². The highest BCUT2D eigenvalue weighted by molar-refractivity contribution is 6.91. The first-order valence-electron chi connectivity index (χ1n) is 12.5. The van der Waals surface area contributed by atoms with E-state index in [1.54, 1.807) is 10.8 Å². The van der Waals surface area contributed by atoms with Crippen LogP contribution < -0.4 is 9.75 Å². The summed E-state index contributed by atoms with van der Waals surface area (Å²) in [5, 5.41) is 4.45. The lowest BCUT2D eigenvalue weighted by Crippen LogP contribution is -2.45. The predicted octanol–water partition coefficient (Wildman–Crippen LogP) is 7.16. The molecule has 2 aliphatic rings. The molecule has 2 aliphatic carbocycles. The van der Waals surface area contributed by atoms with Gasteiger partial charge in [0.05, 0.1) is 13.5 Å². The van der Waals surface area contributed by atoms with Crippen LogP contribution >= 0.6 is 0 Å². The number of rotatable bonds is 4. The molecule has 5 rings (SSSR count). The molecule has 31 heavy (non-hydrogen) atoms. The van der Waals surface area contributed by atoms with Gasteiger partial charge in [0.25, 0.3) is 0 Å². The Morgan fingerprint density at radius 2 is 1.55 bits per heavy atom. The monoisotopic (exact) mass is 428 g/mol. The molecule has 0 aliphatic heterocycles. The van der Waals surface area contributed by atoms with Crippen LogP contribution in [0.5, 0.6) is 0 Å². The molecular weight excluding hydrogens is 390 g/mol. The van der Waals surface area contributed by atoms with Gasteiger partial charge in [-0.2, -0.15) is 0 Å². The zero-order valence-corrected chi connectivity index (χ0v) is 20.9. The molecular formula is C29H38NSi+. The Morgan fingerprint density at radius 1 is 0.839 bits per heavy atom. The zero-order valence-electron chi connectivity index (χ0n) is 19.9. The van der Waals surface area contributed by atoms with Crippen LogP contribution in [-0.2, 0) is 7.05 Å². The minimum absolute atomic E-state index is 0.754. The van der Waals surface area contributed by atoms with Crippen molar-refractivity contribution in [3.63, 3.8) is 0 Å².